The minimum atomic E-state index is -0.213. The van der Waals surface area contributed by atoms with Crippen LogP contribution < -0.4 is 11.1 Å². The monoisotopic (exact) mass is 348 g/mol. The second kappa shape index (κ2) is 6.74. The molecule has 0 spiro atoms. The summed E-state index contributed by atoms with van der Waals surface area (Å²) in [7, 11) is 3.09. The largest absolute Gasteiger partial charge is 0.397 e. The van der Waals surface area contributed by atoms with Gasteiger partial charge in [0.15, 0.2) is 0 Å². The fraction of sp³-hybridized carbons (Fsp3) is 0.438. The van der Waals surface area contributed by atoms with E-state index in [0.29, 0.717) is 17.1 Å². The Morgan fingerprint density at radius 1 is 1.50 bits per heavy atom. The van der Waals surface area contributed by atoms with Crippen LogP contribution in [0.1, 0.15) is 34.2 Å². The van der Waals surface area contributed by atoms with Crippen LogP contribution in [-0.2, 0) is 9.53 Å². The number of carbonyl (C=O) groups is 2. The van der Waals surface area contributed by atoms with Crippen molar-refractivity contribution in [2.24, 2.45) is 0 Å². The molecule has 2 aromatic heterocycles. The van der Waals surface area contributed by atoms with Gasteiger partial charge >= 0.3 is 0 Å². The van der Waals surface area contributed by atoms with Crippen molar-refractivity contribution in [2.75, 3.05) is 33.0 Å². The molecule has 0 bridgehead atoms. The molecule has 128 valence electrons. The summed E-state index contributed by atoms with van der Waals surface area (Å²) >= 11 is 1.27. The number of nitrogen functional groups attached to an aromatic ring is 1. The summed E-state index contributed by atoms with van der Waals surface area (Å²) in [4.78, 5) is 31.7. The number of fused-ring (bicyclic) bond motifs is 1. The molecule has 7 nitrogen and oxygen atoms in total. The van der Waals surface area contributed by atoms with E-state index in [1.807, 2.05) is 17.0 Å². The minimum Gasteiger partial charge on any atom is -0.397 e. The molecule has 2 amide bonds. The number of aromatic nitrogens is 1. The summed E-state index contributed by atoms with van der Waals surface area (Å²) < 4.78 is 4.96. The lowest BCUT2D eigenvalue weighted by Crippen LogP contribution is -2.33. The maximum Gasteiger partial charge on any atom is 0.263 e. The second-order valence-corrected chi connectivity index (χ2v) is 6.69. The van der Waals surface area contributed by atoms with Crippen LogP contribution in [0.25, 0.3) is 10.2 Å². The number of amides is 2. The van der Waals surface area contributed by atoms with E-state index in [9.17, 15) is 9.59 Å². The Bertz CT molecular complexity index is 789. The van der Waals surface area contributed by atoms with Gasteiger partial charge in [-0.3, -0.25) is 9.59 Å². The molecule has 1 unspecified atom stereocenters. The molecule has 2 aromatic rings. The lowest BCUT2D eigenvalue weighted by Gasteiger charge is -2.24. The molecule has 0 saturated carbocycles. The maximum atomic E-state index is 12.2. The lowest BCUT2D eigenvalue weighted by atomic mass is 10.1. The number of likely N-dealkylation sites (tertiary alicyclic amines) is 1. The molecule has 8 heteroatoms. The van der Waals surface area contributed by atoms with Crippen LogP contribution in [-0.4, -0.2) is 49.0 Å². The number of anilines is 1. The van der Waals surface area contributed by atoms with E-state index in [2.05, 4.69) is 10.3 Å². The molecule has 1 fully saturated rings. The van der Waals surface area contributed by atoms with Crippen molar-refractivity contribution in [3.63, 3.8) is 0 Å². The molecule has 1 aliphatic rings. The number of nitrogens with zero attached hydrogens (tertiary/aromatic N) is 2. The van der Waals surface area contributed by atoms with Crippen molar-refractivity contribution in [3.05, 3.63) is 22.7 Å². The first-order valence-electron chi connectivity index (χ1n) is 7.76. The van der Waals surface area contributed by atoms with Gasteiger partial charge in [0.2, 0.25) is 5.91 Å². The van der Waals surface area contributed by atoms with Gasteiger partial charge in [0.1, 0.15) is 16.3 Å². The Labute approximate surface area is 143 Å². The zero-order valence-electron chi connectivity index (χ0n) is 13.7. The molecule has 0 aromatic carbocycles. The van der Waals surface area contributed by atoms with Gasteiger partial charge in [-0.15, -0.1) is 11.3 Å². The number of nitrogens with two attached hydrogens (primary N) is 1. The number of methoxy groups -OCH3 is 1. The average Bonchev–Trinajstić information content (AvgIpc) is 3.19. The van der Waals surface area contributed by atoms with E-state index >= 15 is 0 Å². The highest BCUT2D eigenvalue weighted by Gasteiger charge is 2.31. The minimum absolute atomic E-state index is 0.0290. The van der Waals surface area contributed by atoms with Crippen molar-refractivity contribution >= 4 is 39.1 Å². The predicted octanol–water partition coefficient (Wildman–Crippen LogP) is 1.55. The number of thiophene rings is 1. The van der Waals surface area contributed by atoms with E-state index < -0.39 is 0 Å². The smallest absolute Gasteiger partial charge is 0.263 e. The Morgan fingerprint density at radius 3 is 3.00 bits per heavy atom. The van der Waals surface area contributed by atoms with Crippen LogP contribution in [0.15, 0.2) is 12.1 Å². The highest BCUT2D eigenvalue weighted by molar-refractivity contribution is 7.21. The number of hydrogen-bond acceptors (Lipinski definition) is 6. The van der Waals surface area contributed by atoms with E-state index in [0.717, 1.165) is 28.8 Å². The van der Waals surface area contributed by atoms with Gasteiger partial charge in [0, 0.05) is 26.1 Å². The third kappa shape index (κ3) is 2.83. The Morgan fingerprint density at radius 2 is 2.29 bits per heavy atom. The quantitative estimate of drug-likeness (QED) is 0.874. The summed E-state index contributed by atoms with van der Waals surface area (Å²) in [5.41, 5.74) is 7.34. The van der Waals surface area contributed by atoms with Gasteiger partial charge in [-0.05, 0) is 25.0 Å². The average molecular weight is 348 g/mol. The zero-order chi connectivity index (χ0) is 17.3. The number of pyridine rings is 1. The summed E-state index contributed by atoms with van der Waals surface area (Å²) in [6, 6.07) is 3.72. The first-order valence-corrected chi connectivity index (χ1v) is 8.57. The van der Waals surface area contributed by atoms with Crippen LogP contribution in [0, 0.1) is 0 Å². The Kier molecular flexibility index (Phi) is 4.68. The predicted molar refractivity (Wildman–Crippen MR) is 93.0 cm³/mol. The topological polar surface area (TPSA) is 97.5 Å². The van der Waals surface area contributed by atoms with Crippen LogP contribution in [0.3, 0.4) is 0 Å². The van der Waals surface area contributed by atoms with Gasteiger partial charge in [-0.2, -0.15) is 0 Å². The third-order valence-corrected chi connectivity index (χ3v) is 5.34. The van der Waals surface area contributed by atoms with Crippen molar-refractivity contribution < 1.29 is 14.3 Å². The summed E-state index contributed by atoms with van der Waals surface area (Å²) in [6.45, 7) is 0.786. The van der Waals surface area contributed by atoms with Gasteiger partial charge in [0.05, 0.1) is 17.4 Å². The van der Waals surface area contributed by atoms with Gasteiger partial charge in [0.25, 0.3) is 5.91 Å². The van der Waals surface area contributed by atoms with Crippen molar-refractivity contribution in [2.45, 2.75) is 18.9 Å². The SMILES string of the molecule is CNC(=O)c1sc2nc(C3CCCN3C(=O)COC)ccc2c1N. The molecular formula is C16H20N4O3S. The summed E-state index contributed by atoms with van der Waals surface area (Å²) in [5, 5.41) is 3.36. The molecule has 1 atom stereocenters. The maximum absolute atomic E-state index is 12.2. The Balaban J connectivity index is 1.95. The van der Waals surface area contributed by atoms with Gasteiger partial charge in [-0.1, -0.05) is 0 Å². The fourth-order valence-electron chi connectivity index (χ4n) is 3.06. The van der Waals surface area contributed by atoms with Crippen molar-refractivity contribution in [1.82, 2.24) is 15.2 Å². The number of nitrogens with one attached hydrogen (secondary N) is 1. The highest BCUT2D eigenvalue weighted by Crippen LogP contribution is 2.36. The number of rotatable bonds is 4. The first kappa shape index (κ1) is 16.7. The highest BCUT2D eigenvalue weighted by atomic mass is 32.1. The van der Waals surface area contributed by atoms with Crippen LogP contribution >= 0.6 is 11.3 Å². The van der Waals surface area contributed by atoms with Crippen molar-refractivity contribution in [3.8, 4) is 0 Å². The number of hydrogen-bond donors (Lipinski definition) is 2. The lowest BCUT2D eigenvalue weighted by molar-refractivity contribution is -0.136. The number of carbonyl (C=O) groups excluding carboxylic acids is 2. The molecule has 3 N–H and O–H groups in total. The Hall–Kier alpha value is -2.19. The normalized spacial score (nSPS) is 17.4. The van der Waals surface area contributed by atoms with E-state index in [1.165, 1.54) is 18.4 Å². The van der Waals surface area contributed by atoms with E-state index in [4.69, 9.17) is 10.5 Å². The molecule has 3 rings (SSSR count). The van der Waals surface area contributed by atoms with Crippen LogP contribution in [0.5, 0.6) is 0 Å². The summed E-state index contributed by atoms with van der Waals surface area (Å²) in [5.74, 6) is -0.242. The van der Waals surface area contributed by atoms with Crippen LogP contribution in [0.2, 0.25) is 0 Å². The van der Waals surface area contributed by atoms with Gasteiger partial charge < -0.3 is 20.7 Å². The van der Waals surface area contributed by atoms with E-state index in [1.54, 1.807) is 7.05 Å². The van der Waals surface area contributed by atoms with E-state index in [-0.39, 0.29) is 24.5 Å². The fourth-order valence-corrected chi connectivity index (χ4v) is 4.11. The molecule has 0 radical (unpaired) electrons. The first-order chi connectivity index (χ1) is 11.6. The molecule has 3 heterocycles. The molecule has 1 saturated heterocycles. The second-order valence-electron chi connectivity index (χ2n) is 5.69. The van der Waals surface area contributed by atoms with Gasteiger partial charge in [-0.25, -0.2) is 4.98 Å². The molecule has 0 aliphatic carbocycles. The molecule has 1 aliphatic heterocycles. The van der Waals surface area contributed by atoms with Crippen molar-refractivity contribution in [1.29, 1.82) is 0 Å². The number of ether oxygens (including phenoxy) is 1. The van der Waals surface area contributed by atoms with Crippen LogP contribution in [0.4, 0.5) is 5.69 Å². The molecular weight excluding hydrogens is 328 g/mol. The molecule has 24 heavy (non-hydrogen) atoms. The third-order valence-electron chi connectivity index (χ3n) is 4.23. The summed E-state index contributed by atoms with van der Waals surface area (Å²) in [6.07, 6.45) is 1.81. The standard InChI is InChI=1S/C16H20N4O3S/c1-18-15(22)14-13(17)9-5-6-10(19-16(9)24-14)11-4-3-7-20(11)12(21)8-23-2/h5-6,11H,3-4,7-8,17H2,1-2H3,(H,18,22). The zero-order valence-corrected chi connectivity index (χ0v) is 14.5.